The number of primary sulfonamides is 1. The van der Waals surface area contributed by atoms with Crippen LogP contribution in [0.15, 0.2) is 51.8 Å². The predicted octanol–water partition coefficient (Wildman–Crippen LogP) is 3.05. The van der Waals surface area contributed by atoms with Crippen LogP contribution in [0.25, 0.3) is 0 Å². The molecule has 22 heavy (non-hydrogen) atoms. The van der Waals surface area contributed by atoms with Gasteiger partial charge in [0.15, 0.2) is 0 Å². The molecule has 0 unspecified atom stereocenters. The summed E-state index contributed by atoms with van der Waals surface area (Å²) in [5.74, 6) is 0. The number of hydrogen-bond donors (Lipinski definition) is 1. The van der Waals surface area contributed by atoms with Crippen LogP contribution in [0.5, 0.6) is 0 Å². The fourth-order valence-electron chi connectivity index (χ4n) is 2.88. The van der Waals surface area contributed by atoms with Gasteiger partial charge in [0.1, 0.15) is 0 Å². The fraction of sp³-hybridized carbons (Fsp3) is 0.250. The van der Waals surface area contributed by atoms with Gasteiger partial charge in [-0.05, 0) is 54.8 Å². The summed E-state index contributed by atoms with van der Waals surface area (Å²) in [5.41, 5.74) is 3.34. The van der Waals surface area contributed by atoms with Gasteiger partial charge in [-0.1, -0.05) is 28.1 Å². The van der Waals surface area contributed by atoms with Crippen molar-refractivity contribution in [1.82, 2.24) is 0 Å². The van der Waals surface area contributed by atoms with Crippen LogP contribution in [0.1, 0.15) is 18.1 Å². The first-order valence-electron chi connectivity index (χ1n) is 7.01. The van der Waals surface area contributed by atoms with E-state index in [4.69, 9.17) is 5.14 Å². The molecule has 0 saturated heterocycles. The normalized spacial score (nSPS) is 17.6. The molecule has 2 aromatic carbocycles. The lowest BCUT2D eigenvalue weighted by Gasteiger charge is -2.25. The number of nitrogens with zero attached hydrogens (tertiary/aromatic N) is 1. The Morgan fingerprint density at radius 2 is 1.91 bits per heavy atom. The zero-order valence-corrected chi connectivity index (χ0v) is 14.6. The fourth-order valence-corrected chi connectivity index (χ4v) is 3.70. The molecule has 0 saturated carbocycles. The summed E-state index contributed by atoms with van der Waals surface area (Å²) in [6.07, 6.45) is 0.829. The topological polar surface area (TPSA) is 63.4 Å². The molecule has 0 radical (unpaired) electrons. The van der Waals surface area contributed by atoms with Gasteiger partial charge in [0.2, 0.25) is 10.0 Å². The van der Waals surface area contributed by atoms with Gasteiger partial charge in [0.05, 0.1) is 4.90 Å². The van der Waals surface area contributed by atoms with E-state index in [0.29, 0.717) is 6.04 Å². The minimum atomic E-state index is -3.65. The van der Waals surface area contributed by atoms with Crippen molar-refractivity contribution in [3.8, 4) is 0 Å². The minimum Gasteiger partial charge on any atom is -0.364 e. The third-order valence-electron chi connectivity index (χ3n) is 4.00. The molecule has 6 heteroatoms. The first kappa shape index (κ1) is 15.5. The van der Waals surface area contributed by atoms with Crippen LogP contribution < -0.4 is 10.0 Å². The quantitative estimate of drug-likeness (QED) is 0.889. The van der Waals surface area contributed by atoms with Crippen LogP contribution in [0.2, 0.25) is 0 Å². The lowest BCUT2D eigenvalue weighted by molar-refractivity contribution is 0.597. The standard InChI is InChI=1S/C16H17BrN2O2S/c1-11-8-13-9-15(22(18,20)21)6-7-16(13)19(11)10-12-2-4-14(17)5-3-12/h2-7,9,11H,8,10H2,1H3,(H2,18,20,21)/t11-/m1/s1. The second-order valence-corrected chi connectivity index (χ2v) is 8.12. The molecule has 116 valence electrons. The maximum absolute atomic E-state index is 11.5. The minimum absolute atomic E-state index is 0.184. The van der Waals surface area contributed by atoms with Gasteiger partial charge in [0, 0.05) is 22.7 Å². The number of fused-ring (bicyclic) bond motifs is 1. The third-order valence-corrected chi connectivity index (χ3v) is 5.44. The average Bonchev–Trinajstić information content (AvgIpc) is 2.76. The highest BCUT2D eigenvalue weighted by atomic mass is 79.9. The first-order valence-corrected chi connectivity index (χ1v) is 9.35. The second-order valence-electron chi connectivity index (χ2n) is 5.64. The van der Waals surface area contributed by atoms with E-state index in [-0.39, 0.29) is 4.90 Å². The van der Waals surface area contributed by atoms with Crippen molar-refractivity contribution < 1.29 is 8.42 Å². The molecular formula is C16H17BrN2O2S. The van der Waals surface area contributed by atoms with Gasteiger partial charge < -0.3 is 4.90 Å². The Labute approximate surface area is 139 Å². The van der Waals surface area contributed by atoms with Crippen molar-refractivity contribution in [1.29, 1.82) is 0 Å². The van der Waals surface area contributed by atoms with Crippen LogP contribution in [0, 0.1) is 0 Å². The molecule has 0 fully saturated rings. The zero-order valence-electron chi connectivity index (χ0n) is 12.2. The summed E-state index contributed by atoms with van der Waals surface area (Å²) in [6, 6.07) is 13.7. The Kier molecular flexibility index (Phi) is 4.01. The number of anilines is 1. The molecule has 1 aliphatic heterocycles. The van der Waals surface area contributed by atoms with Gasteiger partial charge in [-0.2, -0.15) is 0 Å². The van der Waals surface area contributed by atoms with Gasteiger partial charge in [-0.3, -0.25) is 0 Å². The summed E-state index contributed by atoms with van der Waals surface area (Å²) in [5, 5.41) is 5.21. The molecule has 0 amide bonds. The molecule has 0 aliphatic carbocycles. The van der Waals surface area contributed by atoms with Crippen molar-refractivity contribution in [3.63, 3.8) is 0 Å². The lowest BCUT2D eigenvalue weighted by Crippen LogP contribution is -2.28. The Morgan fingerprint density at radius 1 is 1.23 bits per heavy atom. The van der Waals surface area contributed by atoms with Gasteiger partial charge >= 0.3 is 0 Å². The summed E-state index contributed by atoms with van der Waals surface area (Å²) >= 11 is 3.44. The molecule has 1 heterocycles. The van der Waals surface area contributed by atoms with Gasteiger partial charge in [-0.15, -0.1) is 0 Å². The molecule has 4 nitrogen and oxygen atoms in total. The highest BCUT2D eigenvalue weighted by Crippen LogP contribution is 2.34. The van der Waals surface area contributed by atoms with E-state index in [9.17, 15) is 8.42 Å². The summed E-state index contributed by atoms with van der Waals surface area (Å²) < 4.78 is 24.0. The van der Waals surface area contributed by atoms with Crippen molar-refractivity contribution in [3.05, 3.63) is 58.1 Å². The number of nitrogens with two attached hydrogens (primary N) is 1. The Morgan fingerprint density at radius 3 is 2.55 bits per heavy atom. The second kappa shape index (κ2) is 5.68. The van der Waals surface area contributed by atoms with Crippen LogP contribution in [-0.2, 0) is 23.0 Å². The Bertz CT molecular complexity index is 803. The molecule has 0 aromatic heterocycles. The Hall–Kier alpha value is -1.37. The van der Waals surface area contributed by atoms with E-state index in [1.54, 1.807) is 12.1 Å². The predicted molar refractivity (Wildman–Crippen MR) is 91.3 cm³/mol. The number of hydrogen-bond acceptors (Lipinski definition) is 3. The van der Waals surface area contributed by atoms with E-state index in [1.807, 2.05) is 18.2 Å². The average molecular weight is 381 g/mol. The highest BCUT2D eigenvalue weighted by Gasteiger charge is 2.27. The van der Waals surface area contributed by atoms with Crippen LogP contribution in [0.4, 0.5) is 5.69 Å². The van der Waals surface area contributed by atoms with Crippen LogP contribution >= 0.6 is 15.9 Å². The third kappa shape index (κ3) is 3.04. The largest absolute Gasteiger partial charge is 0.364 e. The SMILES string of the molecule is C[C@@H]1Cc2cc(S(N)(=O)=O)ccc2N1Cc1ccc(Br)cc1. The van der Waals surface area contributed by atoms with Gasteiger partial charge in [-0.25, -0.2) is 13.6 Å². The van der Waals surface area contributed by atoms with E-state index in [2.05, 4.69) is 39.9 Å². The maximum atomic E-state index is 11.5. The summed E-state index contributed by atoms with van der Waals surface area (Å²) in [4.78, 5) is 2.48. The number of benzene rings is 2. The molecule has 0 spiro atoms. The van der Waals surface area contributed by atoms with Crippen molar-refractivity contribution >= 4 is 31.6 Å². The van der Waals surface area contributed by atoms with Crippen molar-refractivity contribution in [2.24, 2.45) is 5.14 Å². The Balaban J connectivity index is 1.91. The van der Waals surface area contributed by atoms with Gasteiger partial charge in [0.25, 0.3) is 0 Å². The van der Waals surface area contributed by atoms with E-state index < -0.39 is 10.0 Å². The lowest BCUT2D eigenvalue weighted by atomic mass is 10.1. The number of sulfonamides is 1. The molecule has 0 bridgehead atoms. The molecule has 3 rings (SSSR count). The molecular weight excluding hydrogens is 364 g/mol. The van der Waals surface area contributed by atoms with Crippen LogP contribution in [-0.4, -0.2) is 14.5 Å². The molecule has 1 aliphatic rings. The highest BCUT2D eigenvalue weighted by molar-refractivity contribution is 9.10. The zero-order chi connectivity index (χ0) is 15.9. The number of rotatable bonds is 3. The summed E-state index contributed by atoms with van der Waals surface area (Å²) in [7, 11) is -3.65. The molecule has 2 N–H and O–H groups in total. The van der Waals surface area contributed by atoms with E-state index in [0.717, 1.165) is 28.7 Å². The van der Waals surface area contributed by atoms with E-state index >= 15 is 0 Å². The first-order chi connectivity index (χ1) is 10.3. The maximum Gasteiger partial charge on any atom is 0.238 e. The molecule has 1 atom stereocenters. The van der Waals surface area contributed by atoms with E-state index in [1.165, 1.54) is 5.56 Å². The number of halogens is 1. The smallest absolute Gasteiger partial charge is 0.238 e. The van der Waals surface area contributed by atoms with Crippen LogP contribution in [0.3, 0.4) is 0 Å². The van der Waals surface area contributed by atoms with Crippen molar-refractivity contribution in [2.45, 2.75) is 30.8 Å². The summed E-state index contributed by atoms with van der Waals surface area (Å²) in [6.45, 7) is 2.95. The monoisotopic (exact) mass is 380 g/mol. The molecule has 2 aromatic rings. The van der Waals surface area contributed by atoms with Crippen molar-refractivity contribution in [2.75, 3.05) is 4.90 Å².